The molecule has 0 saturated carbocycles. The van der Waals surface area contributed by atoms with E-state index in [1.54, 1.807) is 6.92 Å². The van der Waals surface area contributed by atoms with Crippen LogP contribution < -0.4 is 0 Å². The van der Waals surface area contributed by atoms with Crippen molar-refractivity contribution in [2.45, 2.75) is 6.92 Å². The molecule has 0 aromatic heterocycles. The number of nitrogens with one attached hydrogen (secondary N) is 1. The van der Waals surface area contributed by atoms with E-state index in [9.17, 15) is 0 Å². The molecule has 2 nitrogen and oxygen atoms in total. The first-order chi connectivity index (χ1) is 3.27. The number of nitrogens with zero attached hydrogens (tertiary/aromatic N) is 1. The van der Waals surface area contributed by atoms with E-state index >= 15 is 0 Å². The van der Waals surface area contributed by atoms with Crippen molar-refractivity contribution in [2.75, 3.05) is 0 Å². The molecule has 1 N–H and O–H groups in total. The molecule has 0 amide bonds. The van der Waals surface area contributed by atoms with Crippen LogP contribution in [0.2, 0.25) is 0 Å². The lowest BCUT2D eigenvalue weighted by atomic mass is 10.5. The van der Waals surface area contributed by atoms with E-state index < -0.39 is 0 Å². The zero-order valence-corrected chi connectivity index (χ0v) is 4.31. The molecule has 0 unspecified atom stereocenters. The van der Waals surface area contributed by atoms with Crippen LogP contribution >= 0.6 is 0 Å². The first-order valence-corrected chi connectivity index (χ1v) is 1.96. The third-order valence-corrected chi connectivity index (χ3v) is 0.374. The van der Waals surface area contributed by atoms with Crippen LogP contribution in [0.1, 0.15) is 6.92 Å². The molecular formula is C5H8N2. The van der Waals surface area contributed by atoms with Crippen molar-refractivity contribution in [3.05, 3.63) is 12.8 Å². The lowest BCUT2D eigenvalue weighted by Crippen LogP contribution is -1.85. The van der Waals surface area contributed by atoms with Gasteiger partial charge in [-0.2, -0.15) is 0 Å². The summed E-state index contributed by atoms with van der Waals surface area (Å²) in [5.41, 5.74) is 0.444. The second-order valence-corrected chi connectivity index (χ2v) is 1.14. The van der Waals surface area contributed by atoms with Crippen LogP contribution in [0.3, 0.4) is 0 Å². The van der Waals surface area contributed by atoms with E-state index in [0.717, 1.165) is 0 Å². The molecular weight excluding hydrogens is 88.1 g/mol. The van der Waals surface area contributed by atoms with Crippen LogP contribution in [0.4, 0.5) is 0 Å². The maximum Gasteiger partial charge on any atom is 0.0472 e. The summed E-state index contributed by atoms with van der Waals surface area (Å²) in [5.74, 6) is 0. The Kier molecular flexibility index (Phi) is 2.85. The van der Waals surface area contributed by atoms with Gasteiger partial charge in [0, 0.05) is 18.1 Å². The lowest BCUT2D eigenvalue weighted by molar-refractivity contribution is 1.51. The Balaban J connectivity index is 3.46. The van der Waals surface area contributed by atoms with Gasteiger partial charge in [0.05, 0.1) is 0 Å². The third kappa shape index (κ3) is 5.08. The molecule has 0 heterocycles. The van der Waals surface area contributed by atoms with E-state index in [4.69, 9.17) is 5.41 Å². The molecule has 0 aliphatic heterocycles. The van der Waals surface area contributed by atoms with Gasteiger partial charge in [-0.25, -0.2) is 0 Å². The van der Waals surface area contributed by atoms with Crippen molar-refractivity contribution in [3.63, 3.8) is 0 Å². The van der Waals surface area contributed by atoms with Gasteiger partial charge < -0.3 is 5.41 Å². The first kappa shape index (κ1) is 6.08. The van der Waals surface area contributed by atoms with Crippen molar-refractivity contribution in [1.82, 2.24) is 0 Å². The Labute approximate surface area is 43.1 Å². The predicted molar refractivity (Wildman–Crippen MR) is 32.1 cm³/mol. The SMILES string of the molecule is C=CN=CC(C)=N. The first-order valence-electron chi connectivity index (χ1n) is 1.96. The van der Waals surface area contributed by atoms with Gasteiger partial charge in [0.2, 0.25) is 0 Å². The number of aliphatic imine (C=N–C) groups is 1. The molecule has 7 heavy (non-hydrogen) atoms. The molecule has 0 spiro atoms. The lowest BCUT2D eigenvalue weighted by Gasteiger charge is -1.74. The fourth-order valence-electron chi connectivity index (χ4n) is 0.165. The quantitative estimate of drug-likeness (QED) is 0.502. The van der Waals surface area contributed by atoms with Gasteiger partial charge in [-0.3, -0.25) is 4.99 Å². The van der Waals surface area contributed by atoms with E-state index in [1.165, 1.54) is 12.4 Å². The fourth-order valence-corrected chi connectivity index (χ4v) is 0.165. The van der Waals surface area contributed by atoms with Crippen LogP contribution in [-0.2, 0) is 0 Å². The van der Waals surface area contributed by atoms with E-state index in [1.807, 2.05) is 0 Å². The van der Waals surface area contributed by atoms with Crippen molar-refractivity contribution in [1.29, 1.82) is 5.41 Å². The van der Waals surface area contributed by atoms with Crippen molar-refractivity contribution in [2.24, 2.45) is 4.99 Å². The minimum Gasteiger partial charge on any atom is -0.304 e. The largest absolute Gasteiger partial charge is 0.304 e. The average Bonchev–Trinajstić information content (AvgIpc) is 1.61. The second kappa shape index (κ2) is 3.28. The second-order valence-electron chi connectivity index (χ2n) is 1.14. The predicted octanol–water partition coefficient (Wildman–Crippen LogP) is 1.24. The van der Waals surface area contributed by atoms with Gasteiger partial charge >= 0.3 is 0 Å². The zero-order valence-electron chi connectivity index (χ0n) is 4.31. The summed E-state index contributed by atoms with van der Waals surface area (Å²) in [7, 11) is 0. The van der Waals surface area contributed by atoms with Gasteiger partial charge in [-0.15, -0.1) is 0 Å². The van der Waals surface area contributed by atoms with Gasteiger partial charge in [-0.05, 0) is 6.92 Å². The molecule has 0 aliphatic carbocycles. The molecule has 0 bridgehead atoms. The van der Waals surface area contributed by atoms with E-state index in [-0.39, 0.29) is 0 Å². The highest BCUT2D eigenvalue weighted by Gasteiger charge is 1.69. The van der Waals surface area contributed by atoms with Crippen molar-refractivity contribution >= 4 is 11.9 Å². The van der Waals surface area contributed by atoms with Crippen LogP contribution in [-0.4, -0.2) is 11.9 Å². The van der Waals surface area contributed by atoms with Crippen LogP contribution in [0, 0.1) is 5.41 Å². The van der Waals surface area contributed by atoms with Crippen molar-refractivity contribution in [3.8, 4) is 0 Å². The summed E-state index contributed by atoms with van der Waals surface area (Å²) in [6.45, 7) is 5.00. The molecule has 0 atom stereocenters. The molecule has 38 valence electrons. The van der Waals surface area contributed by atoms with E-state index in [2.05, 4.69) is 11.6 Å². The van der Waals surface area contributed by atoms with Crippen LogP contribution in [0.15, 0.2) is 17.8 Å². The monoisotopic (exact) mass is 96.1 g/mol. The highest BCUT2D eigenvalue weighted by atomic mass is 14.7. The normalized spacial score (nSPS) is 9.29. The number of hydrogen-bond donors (Lipinski definition) is 1. The Morgan fingerprint density at radius 1 is 1.86 bits per heavy atom. The Hall–Kier alpha value is -0.920. The molecule has 0 saturated heterocycles. The molecule has 0 aromatic carbocycles. The summed E-state index contributed by atoms with van der Waals surface area (Å²) in [4.78, 5) is 3.59. The molecule has 0 aromatic rings. The van der Waals surface area contributed by atoms with Gasteiger partial charge in [0.25, 0.3) is 0 Å². The minimum absolute atomic E-state index is 0.444. The van der Waals surface area contributed by atoms with Crippen LogP contribution in [0.5, 0.6) is 0 Å². The maximum absolute atomic E-state index is 6.80. The summed E-state index contributed by atoms with van der Waals surface area (Å²) >= 11 is 0. The zero-order chi connectivity index (χ0) is 5.70. The Morgan fingerprint density at radius 2 is 2.43 bits per heavy atom. The summed E-state index contributed by atoms with van der Waals surface area (Å²) < 4.78 is 0. The summed E-state index contributed by atoms with van der Waals surface area (Å²) in [5, 5.41) is 6.80. The highest BCUT2D eigenvalue weighted by Crippen LogP contribution is 1.65. The fraction of sp³-hybridized carbons (Fsp3) is 0.200. The number of rotatable bonds is 2. The minimum atomic E-state index is 0.444. The van der Waals surface area contributed by atoms with E-state index in [0.29, 0.717) is 5.71 Å². The average molecular weight is 96.1 g/mol. The maximum atomic E-state index is 6.80. The third-order valence-electron chi connectivity index (χ3n) is 0.374. The topological polar surface area (TPSA) is 36.2 Å². The smallest absolute Gasteiger partial charge is 0.0472 e. The number of hydrogen-bond acceptors (Lipinski definition) is 2. The summed E-state index contributed by atoms with van der Waals surface area (Å²) in [6, 6.07) is 0. The molecule has 0 rings (SSSR count). The molecule has 0 radical (unpaired) electrons. The molecule has 2 heteroatoms. The van der Waals surface area contributed by atoms with Gasteiger partial charge in [0.1, 0.15) is 0 Å². The molecule has 0 aliphatic rings. The van der Waals surface area contributed by atoms with Crippen LogP contribution in [0.25, 0.3) is 0 Å². The van der Waals surface area contributed by atoms with Crippen molar-refractivity contribution < 1.29 is 0 Å². The Bertz CT molecular complexity index is 103. The Morgan fingerprint density at radius 3 is 2.57 bits per heavy atom. The highest BCUT2D eigenvalue weighted by molar-refractivity contribution is 6.27. The standard InChI is InChI=1S/C5H8N2/c1-3-7-4-5(2)6/h3-4,6H,1H2,2H3. The van der Waals surface area contributed by atoms with Gasteiger partial charge in [-0.1, -0.05) is 6.58 Å². The van der Waals surface area contributed by atoms with Gasteiger partial charge in [0.15, 0.2) is 0 Å². The summed E-state index contributed by atoms with van der Waals surface area (Å²) in [6.07, 6.45) is 2.84. The molecule has 0 fully saturated rings.